The number of carbonyl (C=O) groups excluding carboxylic acids is 1. The van der Waals surface area contributed by atoms with E-state index >= 15 is 0 Å². The Morgan fingerprint density at radius 2 is 2.23 bits per heavy atom. The summed E-state index contributed by atoms with van der Waals surface area (Å²) >= 11 is 0.785. The second kappa shape index (κ2) is 6.06. The van der Waals surface area contributed by atoms with Crippen molar-refractivity contribution in [3.63, 3.8) is 0 Å². The van der Waals surface area contributed by atoms with Crippen molar-refractivity contribution in [2.45, 2.75) is 49.8 Å². The Balaban J connectivity index is 2.08. The zero-order chi connectivity index (χ0) is 16.5. The Bertz CT molecular complexity index is 556. The molecule has 1 amide bonds. The van der Waals surface area contributed by atoms with E-state index in [0.29, 0.717) is 0 Å². The normalized spacial score (nSPS) is 32.1. The van der Waals surface area contributed by atoms with E-state index in [9.17, 15) is 22.4 Å². The number of amides is 1. The molecule has 3 nitrogen and oxygen atoms in total. The molecule has 2 unspecified atom stereocenters. The van der Waals surface area contributed by atoms with Gasteiger partial charge in [0.05, 0.1) is 12.5 Å². The molecule has 1 aliphatic carbocycles. The zero-order valence-electron chi connectivity index (χ0n) is 12.1. The molecule has 122 valence electrons. The highest BCUT2D eigenvalue weighted by Gasteiger charge is 2.50. The lowest BCUT2D eigenvalue weighted by atomic mass is 10.0. The Morgan fingerprint density at radius 1 is 1.55 bits per heavy atom. The summed E-state index contributed by atoms with van der Waals surface area (Å²) in [6, 6.07) is -0.361. The van der Waals surface area contributed by atoms with Gasteiger partial charge in [-0.1, -0.05) is 30.0 Å². The van der Waals surface area contributed by atoms with Gasteiger partial charge in [0.2, 0.25) is 5.91 Å². The number of thioether (sulfide) groups is 1. The van der Waals surface area contributed by atoms with Crippen LogP contribution in [0.1, 0.15) is 26.7 Å². The van der Waals surface area contributed by atoms with Gasteiger partial charge in [-0.05, 0) is 19.4 Å². The Labute approximate surface area is 129 Å². The maximum atomic E-state index is 13.0. The summed E-state index contributed by atoms with van der Waals surface area (Å²) in [5, 5.41) is 2.56. The van der Waals surface area contributed by atoms with Crippen molar-refractivity contribution in [3.8, 4) is 0 Å². The van der Waals surface area contributed by atoms with Crippen molar-refractivity contribution < 1.29 is 22.4 Å². The number of nitrogens with zero attached hydrogens (tertiary/aromatic N) is 1. The lowest BCUT2D eigenvalue weighted by Gasteiger charge is -2.20. The molecule has 0 aromatic carbocycles. The van der Waals surface area contributed by atoms with Crippen LogP contribution < -0.4 is 5.32 Å². The third kappa shape index (κ3) is 4.12. The number of amidine groups is 1. The van der Waals surface area contributed by atoms with Crippen molar-refractivity contribution in [2.75, 3.05) is 0 Å². The van der Waals surface area contributed by atoms with Crippen molar-refractivity contribution in [1.82, 2.24) is 5.32 Å². The van der Waals surface area contributed by atoms with Crippen molar-refractivity contribution >= 4 is 22.8 Å². The molecular formula is C14H16F4N2OS. The summed E-state index contributed by atoms with van der Waals surface area (Å²) in [5.41, 5.74) is 0.778. The van der Waals surface area contributed by atoms with Gasteiger partial charge in [-0.25, -0.2) is 4.39 Å². The molecule has 0 saturated carbocycles. The number of rotatable bonds is 3. The fourth-order valence-electron chi connectivity index (χ4n) is 2.24. The van der Waals surface area contributed by atoms with Gasteiger partial charge < -0.3 is 5.32 Å². The lowest BCUT2D eigenvalue weighted by molar-refractivity contribution is -0.148. The standard InChI is InChI=1S/C14H16F4N2OS/c1-8(9-3-5-10(15)6-4-9)19-12-20-11(21)13(2,22-12)7-14(16,17)18/h3-5,8,10H,6-7H2,1-2H3,(H,19,20,21)/t8-,10?,13?/m0/s1. The predicted molar refractivity (Wildman–Crippen MR) is 78.4 cm³/mol. The molecule has 1 heterocycles. The second-order valence-corrected chi connectivity index (χ2v) is 7.00. The summed E-state index contributed by atoms with van der Waals surface area (Å²) < 4.78 is 49.1. The molecule has 1 N–H and O–H groups in total. The van der Waals surface area contributed by atoms with E-state index in [4.69, 9.17) is 0 Å². The highest BCUT2D eigenvalue weighted by molar-refractivity contribution is 8.16. The van der Waals surface area contributed by atoms with Crippen LogP contribution >= 0.6 is 11.8 Å². The van der Waals surface area contributed by atoms with Gasteiger partial charge in [0.25, 0.3) is 0 Å². The molecule has 0 radical (unpaired) electrons. The number of hydrogen-bond acceptors (Lipinski definition) is 3. The van der Waals surface area contributed by atoms with Crippen LogP contribution in [0.25, 0.3) is 0 Å². The number of hydrogen-bond donors (Lipinski definition) is 1. The summed E-state index contributed by atoms with van der Waals surface area (Å²) in [6.07, 6.45) is -1.66. The number of nitrogens with one attached hydrogen (secondary N) is 1. The fraction of sp³-hybridized carbons (Fsp3) is 0.571. The Hall–Kier alpha value is -1.31. The van der Waals surface area contributed by atoms with E-state index in [-0.39, 0.29) is 17.6 Å². The number of allylic oxidation sites excluding steroid dienone is 2. The van der Waals surface area contributed by atoms with Gasteiger partial charge >= 0.3 is 6.18 Å². The molecule has 2 aliphatic rings. The SMILES string of the molecule is C[C@H](N=C1NC(=O)C(C)(CC(F)(F)F)S1)C1=CCC(F)C=C1. The van der Waals surface area contributed by atoms with E-state index in [1.54, 1.807) is 19.1 Å². The number of carbonyl (C=O) groups is 1. The van der Waals surface area contributed by atoms with Crippen LogP contribution in [-0.2, 0) is 4.79 Å². The van der Waals surface area contributed by atoms with E-state index in [1.807, 2.05) is 0 Å². The average Bonchev–Trinajstić information content (AvgIpc) is 2.62. The number of alkyl halides is 4. The number of aliphatic imine (C=N–C) groups is 1. The summed E-state index contributed by atoms with van der Waals surface area (Å²) in [7, 11) is 0. The van der Waals surface area contributed by atoms with Crippen LogP contribution in [0.3, 0.4) is 0 Å². The molecule has 1 saturated heterocycles. The molecule has 1 fully saturated rings. The first-order chi connectivity index (χ1) is 10.1. The van der Waals surface area contributed by atoms with E-state index < -0.39 is 29.4 Å². The molecule has 0 spiro atoms. The van der Waals surface area contributed by atoms with Crippen LogP contribution in [0, 0.1) is 0 Å². The van der Waals surface area contributed by atoms with Crippen LogP contribution in [0.5, 0.6) is 0 Å². The van der Waals surface area contributed by atoms with Crippen LogP contribution in [0.2, 0.25) is 0 Å². The van der Waals surface area contributed by atoms with E-state index in [0.717, 1.165) is 17.3 Å². The second-order valence-electron chi connectivity index (χ2n) is 5.50. The van der Waals surface area contributed by atoms with Crippen molar-refractivity contribution in [3.05, 3.63) is 23.8 Å². The van der Waals surface area contributed by atoms with Gasteiger partial charge in [-0.15, -0.1) is 0 Å². The molecule has 2 rings (SSSR count). The highest BCUT2D eigenvalue weighted by atomic mass is 32.2. The van der Waals surface area contributed by atoms with Crippen molar-refractivity contribution in [1.29, 1.82) is 0 Å². The van der Waals surface area contributed by atoms with Gasteiger partial charge in [0.1, 0.15) is 10.9 Å². The minimum Gasteiger partial charge on any atom is -0.304 e. The monoisotopic (exact) mass is 336 g/mol. The van der Waals surface area contributed by atoms with E-state index in [1.165, 1.54) is 13.0 Å². The summed E-state index contributed by atoms with van der Waals surface area (Å²) in [6.45, 7) is 3.00. The zero-order valence-corrected chi connectivity index (χ0v) is 12.9. The fourth-order valence-corrected chi connectivity index (χ4v) is 3.40. The van der Waals surface area contributed by atoms with Gasteiger partial charge in [0, 0.05) is 6.42 Å². The molecular weight excluding hydrogens is 320 g/mol. The molecule has 22 heavy (non-hydrogen) atoms. The van der Waals surface area contributed by atoms with E-state index in [2.05, 4.69) is 10.3 Å². The lowest BCUT2D eigenvalue weighted by Crippen LogP contribution is -2.37. The van der Waals surface area contributed by atoms with Crippen LogP contribution in [-0.4, -0.2) is 34.2 Å². The third-order valence-electron chi connectivity index (χ3n) is 3.43. The minimum absolute atomic E-state index is 0.168. The van der Waals surface area contributed by atoms with Crippen LogP contribution in [0.4, 0.5) is 17.6 Å². The van der Waals surface area contributed by atoms with Gasteiger partial charge in [0.15, 0.2) is 5.17 Å². The predicted octanol–water partition coefficient (Wildman–Crippen LogP) is 3.53. The maximum Gasteiger partial charge on any atom is 0.390 e. The third-order valence-corrected chi connectivity index (χ3v) is 4.61. The topological polar surface area (TPSA) is 41.5 Å². The van der Waals surface area contributed by atoms with Crippen molar-refractivity contribution in [2.24, 2.45) is 4.99 Å². The highest BCUT2D eigenvalue weighted by Crippen LogP contribution is 2.41. The molecule has 3 atom stereocenters. The molecule has 0 aromatic rings. The Morgan fingerprint density at radius 3 is 2.77 bits per heavy atom. The van der Waals surface area contributed by atoms with Crippen LogP contribution in [0.15, 0.2) is 28.8 Å². The molecule has 8 heteroatoms. The number of halogens is 4. The smallest absolute Gasteiger partial charge is 0.304 e. The quantitative estimate of drug-likeness (QED) is 0.801. The first-order valence-corrected chi connectivity index (χ1v) is 7.58. The average molecular weight is 336 g/mol. The molecule has 1 aliphatic heterocycles. The van der Waals surface area contributed by atoms with Gasteiger partial charge in [-0.3, -0.25) is 9.79 Å². The first kappa shape index (κ1) is 17.1. The van der Waals surface area contributed by atoms with Gasteiger partial charge in [-0.2, -0.15) is 13.2 Å². The molecule has 0 aromatic heterocycles. The summed E-state index contributed by atoms with van der Waals surface area (Å²) in [4.78, 5) is 16.0. The summed E-state index contributed by atoms with van der Waals surface area (Å²) in [5.74, 6) is -0.697. The molecule has 0 bridgehead atoms. The Kier molecular flexibility index (Phi) is 4.70. The first-order valence-electron chi connectivity index (χ1n) is 6.76. The maximum absolute atomic E-state index is 13.0. The minimum atomic E-state index is -4.43. The largest absolute Gasteiger partial charge is 0.390 e.